The monoisotopic (exact) mass is 426 g/mol. The van der Waals surface area contributed by atoms with Crippen molar-refractivity contribution >= 4 is 48.1 Å². The highest BCUT2D eigenvalue weighted by Crippen LogP contribution is 2.23. The van der Waals surface area contributed by atoms with Crippen LogP contribution >= 0.6 is 36.6 Å². The lowest BCUT2D eigenvalue weighted by Crippen LogP contribution is -2.32. The summed E-state index contributed by atoms with van der Waals surface area (Å²) < 4.78 is 2.03. The maximum absolute atomic E-state index is 12.3. The van der Waals surface area contributed by atoms with Gasteiger partial charge < -0.3 is 14.6 Å². The Balaban J connectivity index is 0.00000182. The van der Waals surface area contributed by atoms with Gasteiger partial charge in [0.2, 0.25) is 0 Å². The highest BCUT2D eigenvalue weighted by molar-refractivity contribution is 7.98. The lowest BCUT2D eigenvalue weighted by Gasteiger charge is -2.17. The minimum Gasteiger partial charge on any atom is -0.340 e. The second kappa shape index (κ2) is 11.2. The van der Waals surface area contributed by atoms with E-state index in [1.807, 2.05) is 67.2 Å². The van der Waals surface area contributed by atoms with Crippen LogP contribution in [-0.2, 0) is 5.75 Å². The molecule has 2 aromatic heterocycles. The second-order valence-corrected chi connectivity index (χ2v) is 6.89. The van der Waals surface area contributed by atoms with Crippen molar-refractivity contribution in [1.82, 2.24) is 19.6 Å². The molecule has 146 valence electrons. The average molecular weight is 427 g/mol. The molecule has 0 aliphatic heterocycles. The van der Waals surface area contributed by atoms with Gasteiger partial charge >= 0.3 is 0 Å². The number of amides is 1. The molecule has 0 radical (unpaired) electrons. The third-order valence-electron chi connectivity index (χ3n) is 3.95. The predicted molar refractivity (Wildman–Crippen MR) is 117 cm³/mol. The molecule has 8 heteroatoms. The van der Waals surface area contributed by atoms with Gasteiger partial charge in [-0.25, -0.2) is 4.98 Å². The summed E-state index contributed by atoms with van der Waals surface area (Å²) in [6.45, 7) is 1.48. The molecule has 0 unspecified atom stereocenters. The molecule has 5 nitrogen and oxygen atoms in total. The van der Waals surface area contributed by atoms with Crippen LogP contribution in [0.2, 0.25) is 0 Å². The molecule has 0 atom stereocenters. The quantitative estimate of drug-likeness (QED) is 0.584. The topological polar surface area (TPSA) is 49.6 Å². The van der Waals surface area contributed by atoms with E-state index in [0.29, 0.717) is 6.54 Å². The number of carbonyl (C=O) groups is 1. The summed E-state index contributed by atoms with van der Waals surface area (Å²) in [4.78, 5) is 19.8. The number of carbonyl (C=O) groups excluding carboxylic acids is 1. The Bertz CT molecular complexity index is 821. The van der Waals surface area contributed by atoms with E-state index >= 15 is 0 Å². The fraction of sp³-hybridized carbons (Fsp3) is 0.263. The van der Waals surface area contributed by atoms with Crippen molar-refractivity contribution in [2.75, 3.05) is 27.2 Å². The van der Waals surface area contributed by atoms with Gasteiger partial charge in [0.1, 0.15) is 5.65 Å². The number of benzene rings is 1. The smallest absolute Gasteiger partial charge is 0.253 e. The van der Waals surface area contributed by atoms with Crippen molar-refractivity contribution in [3.63, 3.8) is 0 Å². The first-order valence-corrected chi connectivity index (χ1v) is 9.21. The highest BCUT2D eigenvalue weighted by atomic mass is 35.5. The Morgan fingerprint density at radius 2 is 1.93 bits per heavy atom. The zero-order valence-electron chi connectivity index (χ0n) is 15.3. The molecule has 27 heavy (non-hydrogen) atoms. The first-order chi connectivity index (χ1) is 12.2. The fourth-order valence-electron chi connectivity index (χ4n) is 2.51. The summed E-state index contributed by atoms with van der Waals surface area (Å²) in [5.41, 5.74) is 2.72. The number of nitrogens with zero attached hydrogens (tertiary/aromatic N) is 3. The van der Waals surface area contributed by atoms with Crippen LogP contribution in [0.15, 0.2) is 59.8 Å². The summed E-state index contributed by atoms with van der Waals surface area (Å²) in [6, 6.07) is 13.8. The summed E-state index contributed by atoms with van der Waals surface area (Å²) in [6.07, 6.45) is 4.05. The summed E-state index contributed by atoms with van der Waals surface area (Å²) >= 11 is 1.72. The molecule has 0 fully saturated rings. The van der Waals surface area contributed by atoms with Crippen LogP contribution in [0.5, 0.6) is 0 Å². The van der Waals surface area contributed by atoms with Gasteiger partial charge in [0.05, 0.1) is 5.69 Å². The number of halogens is 2. The van der Waals surface area contributed by atoms with Gasteiger partial charge in [-0.2, -0.15) is 0 Å². The molecular formula is C19H24Cl2N4OS. The molecule has 0 saturated carbocycles. The van der Waals surface area contributed by atoms with E-state index in [4.69, 9.17) is 0 Å². The summed E-state index contributed by atoms with van der Waals surface area (Å²) in [7, 11) is 3.71. The van der Waals surface area contributed by atoms with Crippen molar-refractivity contribution in [2.45, 2.75) is 10.6 Å². The lowest BCUT2D eigenvalue weighted by atomic mass is 10.2. The first-order valence-electron chi connectivity index (χ1n) is 8.23. The summed E-state index contributed by atoms with van der Waals surface area (Å²) in [5.74, 6) is 0.851. The Hall–Kier alpha value is -1.73. The third kappa shape index (κ3) is 6.14. The average Bonchev–Trinajstić information content (AvgIpc) is 3.07. The van der Waals surface area contributed by atoms with Gasteiger partial charge in [0, 0.05) is 48.7 Å². The standard InChI is InChI=1S/C19H22N4OS.2ClH/c1-20-10-12-22(2)19(24)15-6-8-17(9-7-15)25-14-16-13-23-11-4-3-5-18(23)21-16;;/h3-9,11,13,20H,10,12,14H2,1-2H3;2*1H. The number of thioether (sulfide) groups is 1. The van der Waals surface area contributed by atoms with Crippen LogP contribution in [0.4, 0.5) is 0 Å². The van der Waals surface area contributed by atoms with E-state index in [1.54, 1.807) is 16.7 Å². The largest absolute Gasteiger partial charge is 0.340 e. The molecule has 1 N–H and O–H groups in total. The van der Waals surface area contributed by atoms with Crippen LogP contribution < -0.4 is 5.32 Å². The van der Waals surface area contributed by atoms with Crippen molar-refractivity contribution in [3.05, 3.63) is 66.1 Å². The summed E-state index contributed by atoms with van der Waals surface area (Å²) in [5, 5.41) is 3.05. The zero-order valence-corrected chi connectivity index (χ0v) is 17.7. The number of hydrogen-bond acceptors (Lipinski definition) is 4. The second-order valence-electron chi connectivity index (χ2n) is 5.84. The molecule has 1 amide bonds. The number of likely N-dealkylation sites (N-methyl/N-ethyl adjacent to an activating group) is 2. The lowest BCUT2D eigenvalue weighted by molar-refractivity contribution is 0.0797. The molecule has 0 spiro atoms. The van der Waals surface area contributed by atoms with Gasteiger partial charge in [0.15, 0.2) is 0 Å². The van der Waals surface area contributed by atoms with Gasteiger partial charge in [-0.05, 0) is 43.4 Å². The predicted octanol–water partition coefficient (Wildman–Crippen LogP) is 3.76. The molecule has 0 bridgehead atoms. The number of fused-ring (bicyclic) bond motifs is 1. The molecule has 2 heterocycles. The zero-order chi connectivity index (χ0) is 17.6. The minimum absolute atomic E-state index is 0. The SMILES string of the molecule is CNCCN(C)C(=O)c1ccc(SCc2cn3ccccc3n2)cc1.Cl.Cl. The minimum atomic E-state index is 0. The normalized spacial score (nSPS) is 10.1. The first kappa shape index (κ1) is 23.3. The van der Waals surface area contributed by atoms with E-state index in [0.717, 1.165) is 34.1 Å². The number of imidazole rings is 1. The molecular weight excluding hydrogens is 403 g/mol. The van der Waals surface area contributed by atoms with Gasteiger partial charge in [-0.3, -0.25) is 4.79 Å². The van der Waals surface area contributed by atoms with Gasteiger partial charge in [-0.15, -0.1) is 36.6 Å². The van der Waals surface area contributed by atoms with E-state index < -0.39 is 0 Å². The third-order valence-corrected chi connectivity index (χ3v) is 4.99. The number of aromatic nitrogens is 2. The van der Waals surface area contributed by atoms with E-state index in [2.05, 4.69) is 16.5 Å². The van der Waals surface area contributed by atoms with Gasteiger partial charge in [-0.1, -0.05) is 6.07 Å². The highest BCUT2D eigenvalue weighted by Gasteiger charge is 2.11. The Morgan fingerprint density at radius 1 is 1.19 bits per heavy atom. The van der Waals surface area contributed by atoms with Crippen molar-refractivity contribution in [3.8, 4) is 0 Å². The molecule has 3 rings (SSSR count). The van der Waals surface area contributed by atoms with Crippen molar-refractivity contribution < 1.29 is 4.79 Å². The van der Waals surface area contributed by atoms with Crippen molar-refractivity contribution in [2.24, 2.45) is 0 Å². The van der Waals surface area contributed by atoms with Gasteiger partial charge in [0.25, 0.3) is 5.91 Å². The number of rotatable bonds is 7. The van der Waals surface area contributed by atoms with Crippen molar-refractivity contribution in [1.29, 1.82) is 0 Å². The maximum Gasteiger partial charge on any atom is 0.253 e. The van der Waals surface area contributed by atoms with Crippen LogP contribution in [0, 0.1) is 0 Å². The molecule has 3 aromatic rings. The molecule has 0 saturated heterocycles. The Kier molecular flexibility index (Phi) is 9.66. The molecule has 1 aromatic carbocycles. The Labute approximate surface area is 176 Å². The number of hydrogen-bond donors (Lipinski definition) is 1. The van der Waals surface area contributed by atoms with Crippen LogP contribution in [-0.4, -0.2) is 47.4 Å². The number of nitrogens with one attached hydrogen (secondary N) is 1. The van der Waals surface area contributed by atoms with Crippen LogP contribution in [0.3, 0.4) is 0 Å². The maximum atomic E-state index is 12.3. The molecule has 0 aliphatic carbocycles. The van der Waals surface area contributed by atoms with Crippen LogP contribution in [0.1, 0.15) is 16.1 Å². The van der Waals surface area contributed by atoms with E-state index in [-0.39, 0.29) is 30.7 Å². The van der Waals surface area contributed by atoms with E-state index in [1.165, 1.54) is 0 Å². The van der Waals surface area contributed by atoms with Crippen LogP contribution in [0.25, 0.3) is 5.65 Å². The Morgan fingerprint density at radius 3 is 2.59 bits per heavy atom. The number of pyridine rings is 1. The fourth-order valence-corrected chi connectivity index (χ4v) is 3.29. The molecule has 0 aliphatic rings. The van der Waals surface area contributed by atoms with E-state index in [9.17, 15) is 4.79 Å².